The number of nitriles is 1. The maximum Gasteiger partial charge on any atom is 0.252 e. The van der Waals surface area contributed by atoms with Gasteiger partial charge in [0.05, 0.1) is 6.07 Å². The van der Waals surface area contributed by atoms with Crippen molar-refractivity contribution < 1.29 is 4.79 Å². The number of amides is 1. The van der Waals surface area contributed by atoms with Crippen molar-refractivity contribution >= 4 is 5.91 Å². The van der Waals surface area contributed by atoms with Gasteiger partial charge in [-0.05, 0) is 37.5 Å². The Balaban J connectivity index is 2.80. The van der Waals surface area contributed by atoms with Crippen molar-refractivity contribution in [3.05, 3.63) is 35.4 Å². The van der Waals surface area contributed by atoms with Crippen LogP contribution in [0.3, 0.4) is 0 Å². The number of rotatable bonds is 4. The molecule has 0 fully saturated rings. The lowest BCUT2D eigenvalue weighted by molar-refractivity contribution is 0.0923. The van der Waals surface area contributed by atoms with E-state index < -0.39 is 5.54 Å². The third-order valence-electron chi connectivity index (χ3n) is 2.97. The van der Waals surface area contributed by atoms with Crippen LogP contribution >= 0.6 is 0 Å². The Morgan fingerprint density at radius 3 is 2.35 bits per heavy atom. The zero-order chi connectivity index (χ0) is 12.9. The van der Waals surface area contributed by atoms with Gasteiger partial charge in [-0.15, -0.1) is 0 Å². The number of carbonyl (C=O) groups excluding carboxylic acids is 1. The van der Waals surface area contributed by atoms with Crippen molar-refractivity contribution in [1.29, 1.82) is 5.26 Å². The minimum absolute atomic E-state index is 0.196. The van der Waals surface area contributed by atoms with E-state index in [0.717, 1.165) is 6.42 Å². The molecule has 0 aliphatic carbocycles. The van der Waals surface area contributed by atoms with Gasteiger partial charge >= 0.3 is 0 Å². The first-order chi connectivity index (χ1) is 8.04. The first-order valence-electron chi connectivity index (χ1n) is 5.87. The molecule has 0 aliphatic rings. The largest absolute Gasteiger partial charge is 0.334 e. The number of nitrogens with one attached hydrogen (secondary N) is 1. The average Bonchev–Trinajstić information content (AvgIpc) is 2.38. The van der Waals surface area contributed by atoms with Gasteiger partial charge in [-0.1, -0.05) is 26.0 Å². The van der Waals surface area contributed by atoms with Gasteiger partial charge in [-0.2, -0.15) is 5.26 Å². The second-order valence-corrected chi connectivity index (χ2v) is 4.30. The second kappa shape index (κ2) is 5.49. The zero-order valence-electron chi connectivity index (χ0n) is 10.6. The maximum atomic E-state index is 11.9. The highest BCUT2D eigenvalue weighted by Crippen LogP contribution is 2.10. The van der Waals surface area contributed by atoms with Gasteiger partial charge in [0.2, 0.25) is 0 Å². The highest BCUT2D eigenvalue weighted by atomic mass is 16.1. The Bertz CT molecular complexity index is 431. The molecule has 1 amide bonds. The van der Waals surface area contributed by atoms with Crippen LogP contribution in [0.4, 0.5) is 0 Å². The Morgan fingerprint density at radius 1 is 1.35 bits per heavy atom. The smallest absolute Gasteiger partial charge is 0.252 e. The van der Waals surface area contributed by atoms with Crippen molar-refractivity contribution in [3.8, 4) is 6.07 Å². The highest BCUT2D eigenvalue weighted by molar-refractivity contribution is 5.94. The van der Waals surface area contributed by atoms with E-state index in [1.807, 2.05) is 19.1 Å². The molecule has 1 N–H and O–H groups in total. The molecule has 0 unspecified atom stereocenters. The van der Waals surface area contributed by atoms with Gasteiger partial charge in [0, 0.05) is 5.56 Å². The van der Waals surface area contributed by atoms with Crippen molar-refractivity contribution in [2.75, 3.05) is 0 Å². The highest BCUT2D eigenvalue weighted by Gasteiger charge is 2.23. The normalized spacial score (nSPS) is 13.5. The van der Waals surface area contributed by atoms with Gasteiger partial charge in [-0.3, -0.25) is 4.79 Å². The molecule has 0 aliphatic heterocycles. The average molecular weight is 230 g/mol. The van der Waals surface area contributed by atoms with Crippen LogP contribution in [-0.2, 0) is 6.42 Å². The molecule has 0 bridgehead atoms. The standard InChI is InChI=1S/C14H18N2O/c1-4-11-6-8-12(9-7-11)13(17)16-14(3,5-2)10-15/h6-9H,4-5H2,1-3H3,(H,16,17)/t14-/m0/s1. The minimum Gasteiger partial charge on any atom is -0.334 e. The van der Waals surface area contributed by atoms with Crippen LogP contribution in [0.15, 0.2) is 24.3 Å². The number of hydrogen-bond acceptors (Lipinski definition) is 2. The molecule has 17 heavy (non-hydrogen) atoms. The lowest BCUT2D eigenvalue weighted by Crippen LogP contribution is -2.44. The van der Waals surface area contributed by atoms with Crippen LogP contribution in [0.2, 0.25) is 0 Å². The topological polar surface area (TPSA) is 52.9 Å². The molecule has 3 heteroatoms. The van der Waals surface area contributed by atoms with Gasteiger partial charge in [0.25, 0.3) is 5.91 Å². The van der Waals surface area contributed by atoms with Gasteiger partial charge in [-0.25, -0.2) is 0 Å². The van der Waals surface area contributed by atoms with E-state index in [1.54, 1.807) is 19.1 Å². The van der Waals surface area contributed by atoms with Crippen molar-refractivity contribution in [2.24, 2.45) is 0 Å². The summed E-state index contributed by atoms with van der Waals surface area (Å²) in [5, 5.41) is 11.7. The SMILES string of the molecule is CCc1ccc(C(=O)N[C@](C)(C#N)CC)cc1. The maximum absolute atomic E-state index is 11.9. The van der Waals surface area contributed by atoms with Crippen molar-refractivity contribution in [2.45, 2.75) is 39.2 Å². The zero-order valence-corrected chi connectivity index (χ0v) is 10.6. The van der Waals surface area contributed by atoms with Gasteiger partial charge in [0.1, 0.15) is 5.54 Å². The molecule has 0 heterocycles. The first kappa shape index (κ1) is 13.2. The third-order valence-corrected chi connectivity index (χ3v) is 2.97. The van der Waals surface area contributed by atoms with E-state index in [-0.39, 0.29) is 5.91 Å². The van der Waals surface area contributed by atoms with E-state index in [1.165, 1.54) is 5.56 Å². The fraction of sp³-hybridized carbons (Fsp3) is 0.429. The van der Waals surface area contributed by atoms with E-state index in [2.05, 4.69) is 18.3 Å². The number of benzene rings is 1. The monoisotopic (exact) mass is 230 g/mol. The van der Waals surface area contributed by atoms with Crippen molar-refractivity contribution in [3.63, 3.8) is 0 Å². The van der Waals surface area contributed by atoms with Crippen LogP contribution in [-0.4, -0.2) is 11.4 Å². The lowest BCUT2D eigenvalue weighted by Gasteiger charge is -2.21. The molecule has 1 rings (SSSR count). The molecule has 0 spiro atoms. The number of nitrogens with zero attached hydrogens (tertiary/aromatic N) is 1. The Morgan fingerprint density at radius 2 is 1.94 bits per heavy atom. The summed E-state index contributed by atoms with van der Waals surface area (Å²) < 4.78 is 0. The van der Waals surface area contributed by atoms with Gasteiger partial charge in [0.15, 0.2) is 0 Å². The molecule has 0 aromatic heterocycles. The quantitative estimate of drug-likeness (QED) is 0.864. The summed E-state index contributed by atoms with van der Waals surface area (Å²) in [6, 6.07) is 9.58. The van der Waals surface area contributed by atoms with E-state index >= 15 is 0 Å². The Labute approximate surface area is 102 Å². The summed E-state index contributed by atoms with van der Waals surface area (Å²) in [6.45, 7) is 5.67. The molecule has 0 radical (unpaired) electrons. The van der Waals surface area contributed by atoms with Crippen LogP contribution in [0, 0.1) is 11.3 Å². The predicted molar refractivity (Wildman–Crippen MR) is 67.6 cm³/mol. The van der Waals surface area contributed by atoms with E-state index in [0.29, 0.717) is 12.0 Å². The molecule has 90 valence electrons. The molecule has 1 aromatic carbocycles. The summed E-state index contributed by atoms with van der Waals surface area (Å²) in [7, 11) is 0. The summed E-state index contributed by atoms with van der Waals surface area (Å²) in [5.74, 6) is -0.196. The second-order valence-electron chi connectivity index (χ2n) is 4.30. The summed E-state index contributed by atoms with van der Waals surface area (Å²) >= 11 is 0. The number of aryl methyl sites for hydroxylation is 1. The Kier molecular flexibility index (Phi) is 4.28. The third kappa shape index (κ3) is 3.32. The summed E-state index contributed by atoms with van der Waals surface area (Å²) in [4.78, 5) is 11.9. The molecular formula is C14H18N2O. The van der Waals surface area contributed by atoms with E-state index in [4.69, 9.17) is 5.26 Å². The van der Waals surface area contributed by atoms with Crippen LogP contribution in [0.5, 0.6) is 0 Å². The van der Waals surface area contributed by atoms with Crippen LogP contribution in [0.1, 0.15) is 43.1 Å². The molecule has 3 nitrogen and oxygen atoms in total. The summed E-state index contributed by atoms with van der Waals surface area (Å²) in [6.07, 6.45) is 1.54. The first-order valence-corrected chi connectivity index (χ1v) is 5.87. The van der Waals surface area contributed by atoms with E-state index in [9.17, 15) is 4.79 Å². The molecule has 1 aromatic rings. The molecule has 0 saturated carbocycles. The predicted octanol–water partition coefficient (Wildman–Crippen LogP) is 2.67. The Hall–Kier alpha value is -1.82. The molecule has 1 atom stereocenters. The lowest BCUT2D eigenvalue weighted by atomic mass is 10.0. The van der Waals surface area contributed by atoms with Crippen LogP contribution < -0.4 is 5.32 Å². The summed E-state index contributed by atoms with van der Waals surface area (Å²) in [5.41, 5.74) is 0.998. The number of hydrogen-bond donors (Lipinski definition) is 1. The molecular weight excluding hydrogens is 212 g/mol. The fourth-order valence-electron chi connectivity index (χ4n) is 1.41. The minimum atomic E-state index is -0.791. The molecule has 0 saturated heterocycles. The van der Waals surface area contributed by atoms with Gasteiger partial charge < -0.3 is 5.32 Å². The van der Waals surface area contributed by atoms with Crippen LogP contribution in [0.25, 0.3) is 0 Å². The fourth-order valence-corrected chi connectivity index (χ4v) is 1.41. The number of carbonyl (C=O) groups is 1. The van der Waals surface area contributed by atoms with Crippen molar-refractivity contribution in [1.82, 2.24) is 5.32 Å².